The summed E-state index contributed by atoms with van der Waals surface area (Å²) >= 11 is 0. The van der Waals surface area contributed by atoms with Crippen LogP contribution in [-0.2, 0) is 6.42 Å². The molecule has 32 heavy (non-hydrogen) atoms. The lowest BCUT2D eigenvalue weighted by Gasteiger charge is -2.36. The number of ether oxygens (including phenoxy) is 3. The Hall–Kier alpha value is -2.47. The van der Waals surface area contributed by atoms with E-state index in [4.69, 9.17) is 14.2 Å². The topological polar surface area (TPSA) is 63.5 Å². The molecular weight excluding hydrogens is 404 g/mol. The Morgan fingerprint density at radius 1 is 1.31 bits per heavy atom. The summed E-state index contributed by atoms with van der Waals surface area (Å²) in [5.41, 5.74) is 5.72. The lowest BCUT2D eigenvalue weighted by atomic mass is 9.82. The summed E-state index contributed by atoms with van der Waals surface area (Å²) < 4.78 is 17.2. The van der Waals surface area contributed by atoms with E-state index in [1.165, 1.54) is 23.1 Å². The van der Waals surface area contributed by atoms with Gasteiger partial charge in [-0.3, -0.25) is 4.90 Å². The Morgan fingerprint density at radius 2 is 2.16 bits per heavy atom. The zero-order chi connectivity index (χ0) is 22.7. The largest absolute Gasteiger partial charge is 0.492 e. The van der Waals surface area contributed by atoms with Gasteiger partial charge in [0.1, 0.15) is 0 Å². The van der Waals surface area contributed by atoms with E-state index in [2.05, 4.69) is 49.2 Å². The summed E-state index contributed by atoms with van der Waals surface area (Å²) in [5.74, 6) is 2.91. The van der Waals surface area contributed by atoms with Crippen LogP contribution in [0.4, 0.5) is 0 Å². The number of rotatable bonds is 7. The number of hydrogen-bond acceptors (Lipinski definition) is 6. The highest BCUT2D eigenvalue weighted by molar-refractivity contribution is 6.00. The maximum absolute atomic E-state index is 9.94. The fraction of sp³-hybridized carbons (Fsp3) is 0.577. The summed E-state index contributed by atoms with van der Waals surface area (Å²) in [7, 11) is 3.81. The van der Waals surface area contributed by atoms with E-state index < -0.39 is 0 Å². The normalized spacial score (nSPS) is 22.9. The minimum absolute atomic E-state index is 0.0605. The van der Waals surface area contributed by atoms with Crippen molar-refractivity contribution in [2.45, 2.75) is 64.8 Å². The van der Waals surface area contributed by atoms with Crippen LogP contribution in [-0.4, -0.2) is 43.3 Å². The van der Waals surface area contributed by atoms with Gasteiger partial charge in [0.25, 0.3) is 0 Å². The van der Waals surface area contributed by atoms with Crippen LogP contribution in [0.5, 0.6) is 17.2 Å². The van der Waals surface area contributed by atoms with Gasteiger partial charge in [0, 0.05) is 24.6 Å². The molecule has 0 bridgehead atoms. The molecule has 0 radical (unpaired) electrons. The third kappa shape index (κ3) is 4.65. The molecular formula is C26H36N2O4. The molecule has 0 aromatic heterocycles. The minimum atomic E-state index is 0.0605. The van der Waals surface area contributed by atoms with Gasteiger partial charge in [-0.05, 0) is 82.5 Å². The van der Waals surface area contributed by atoms with E-state index in [0.29, 0.717) is 18.1 Å². The van der Waals surface area contributed by atoms with Crippen LogP contribution >= 0.6 is 0 Å². The summed E-state index contributed by atoms with van der Waals surface area (Å²) in [6.45, 7) is 5.47. The van der Waals surface area contributed by atoms with Crippen molar-refractivity contribution in [2.75, 3.05) is 27.5 Å². The number of benzene rings is 1. The molecule has 1 aromatic rings. The van der Waals surface area contributed by atoms with Gasteiger partial charge in [-0.1, -0.05) is 22.9 Å². The molecule has 0 saturated carbocycles. The molecule has 0 fully saturated rings. The molecule has 6 nitrogen and oxygen atoms in total. The van der Waals surface area contributed by atoms with Crippen LogP contribution in [0.15, 0.2) is 34.5 Å². The first-order valence-corrected chi connectivity index (χ1v) is 11.7. The Bertz CT molecular complexity index is 930. The van der Waals surface area contributed by atoms with Crippen molar-refractivity contribution in [2.24, 2.45) is 11.1 Å². The fourth-order valence-electron chi connectivity index (χ4n) is 5.22. The highest BCUT2D eigenvalue weighted by Crippen LogP contribution is 2.50. The number of oxime groups is 1. The summed E-state index contributed by atoms with van der Waals surface area (Å²) in [5, 5.41) is 13.7. The standard InChI is InChI=1S/C26H36N2O4/c1-17(2)6-5-7-18-8-10-19(11-9-18)21(27-29)15-22-24-20(12-13-28(22)3)14-23-25(26(24)30-4)32-16-31-23/h6,10,14,18,22,29H,5,7-9,11-13,15-16H2,1-4H3/t18-,22-/m0/s1. The predicted molar refractivity (Wildman–Crippen MR) is 126 cm³/mol. The highest BCUT2D eigenvalue weighted by Gasteiger charge is 2.35. The molecule has 0 saturated heterocycles. The molecule has 174 valence electrons. The Labute approximate surface area is 191 Å². The lowest BCUT2D eigenvalue weighted by Crippen LogP contribution is -2.34. The quantitative estimate of drug-likeness (QED) is 0.257. The Kier molecular flexibility index (Phi) is 7.09. The molecule has 0 spiro atoms. The third-order valence-corrected chi connectivity index (χ3v) is 7.07. The fourth-order valence-corrected chi connectivity index (χ4v) is 5.22. The van der Waals surface area contributed by atoms with Gasteiger partial charge in [-0.2, -0.15) is 0 Å². The zero-order valence-corrected chi connectivity index (χ0v) is 19.8. The average molecular weight is 441 g/mol. The number of fused-ring (bicyclic) bond motifs is 2. The number of allylic oxidation sites excluding steroid dienone is 4. The van der Waals surface area contributed by atoms with Crippen molar-refractivity contribution in [1.29, 1.82) is 0 Å². The van der Waals surface area contributed by atoms with E-state index in [9.17, 15) is 5.21 Å². The highest BCUT2D eigenvalue weighted by atomic mass is 16.7. The van der Waals surface area contributed by atoms with Crippen molar-refractivity contribution >= 4 is 5.71 Å². The molecule has 2 atom stereocenters. The SMILES string of the molecule is COc1c2c(cc3c1[C@H](CC(=NO)C1=CC[C@H](CCC=C(C)C)CC1)N(C)CC3)OCO2. The molecule has 0 amide bonds. The number of hydrogen-bond donors (Lipinski definition) is 1. The van der Waals surface area contributed by atoms with Crippen LogP contribution in [0.1, 0.15) is 69.5 Å². The van der Waals surface area contributed by atoms with Crippen molar-refractivity contribution in [3.05, 3.63) is 40.5 Å². The zero-order valence-electron chi connectivity index (χ0n) is 19.8. The number of likely N-dealkylation sites (N-methyl/N-ethyl adjacent to an activating group) is 1. The number of methoxy groups -OCH3 is 1. The molecule has 1 aromatic carbocycles. The van der Waals surface area contributed by atoms with Crippen LogP contribution < -0.4 is 14.2 Å². The van der Waals surface area contributed by atoms with Gasteiger partial charge in [0.2, 0.25) is 12.5 Å². The molecule has 1 aliphatic carbocycles. The second kappa shape index (κ2) is 9.99. The summed E-state index contributed by atoms with van der Waals surface area (Å²) in [6, 6.07) is 2.15. The van der Waals surface area contributed by atoms with Gasteiger partial charge < -0.3 is 19.4 Å². The van der Waals surface area contributed by atoms with E-state index in [1.54, 1.807) is 7.11 Å². The first-order valence-electron chi connectivity index (χ1n) is 11.7. The first kappa shape index (κ1) is 22.7. The Morgan fingerprint density at radius 3 is 2.84 bits per heavy atom. The van der Waals surface area contributed by atoms with Gasteiger partial charge in [0.05, 0.1) is 12.8 Å². The van der Waals surface area contributed by atoms with Crippen molar-refractivity contribution < 1.29 is 19.4 Å². The van der Waals surface area contributed by atoms with Crippen LogP contribution in [0.25, 0.3) is 0 Å². The monoisotopic (exact) mass is 440 g/mol. The molecule has 3 aliphatic rings. The smallest absolute Gasteiger partial charge is 0.231 e. The second-order valence-electron chi connectivity index (χ2n) is 9.44. The molecule has 2 heterocycles. The maximum atomic E-state index is 9.94. The molecule has 6 heteroatoms. The Balaban J connectivity index is 1.53. The first-order chi connectivity index (χ1) is 15.5. The van der Waals surface area contributed by atoms with Crippen LogP contribution in [0.3, 0.4) is 0 Å². The minimum Gasteiger partial charge on any atom is -0.492 e. The van der Waals surface area contributed by atoms with E-state index in [0.717, 1.165) is 61.4 Å². The third-order valence-electron chi connectivity index (χ3n) is 7.07. The number of nitrogens with zero attached hydrogens (tertiary/aromatic N) is 2. The van der Waals surface area contributed by atoms with Gasteiger partial charge in [-0.25, -0.2) is 0 Å². The van der Waals surface area contributed by atoms with Crippen LogP contribution in [0.2, 0.25) is 0 Å². The van der Waals surface area contributed by atoms with Gasteiger partial charge in [-0.15, -0.1) is 0 Å². The molecule has 2 aliphatic heterocycles. The average Bonchev–Trinajstić information content (AvgIpc) is 3.26. The van der Waals surface area contributed by atoms with Crippen LogP contribution in [0, 0.1) is 5.92 Å². The summed E-state index contributed by atoms with van der Waals surface area (Å²) in [4.78, 5) is 2.32. The molecule has 1 N–H and O–H groups in total. The van der Waals surface area contributed by atoms with Crippen molar-refractivity contribution in [3.8, 4) is 17.2 Å². The van der Waals surface area contributed by atoms with Gasteiger partial charge >= 0.3 is 0 Å². The predicted octanol–water partition coefficient (Wildman–Crippen LogP) is 5.65. The maximum Gasteiger partial charge on any atom is 0.231 e. The second-order valence-corrected chi connectivity index (χ2v) is 9.44. The van der Waals surface area contributed by atoms with E-state index >= 15 is 0 Å². The van der Waals surface area contributed by atoms with E-state index in [1.807, 2.05) is 0 Å². The van der Waals surface area contributed by atoms with Crippen molar-refractivity contribution in [1.82, 2.24) is 4.90 Å². The lowest BCUT2D eigenvalue weighted by molar-refractivity contribution is 0.170. The van der Waals surface area contributed by atoms with E-state index in [-0.39, 0.29) is 12.8 Å². The molecule has 4 rings (SSSR count). The van der Waals surface area contributed by atoms with Crippen molar-refractivity contribution in [3.63, 3.8) is 0 Å². The molecule has 0 unspecified atom stereocenters. The summed E-state index contributed by atoms with van der Waals surface area (Å²) in [6.07, 6.45) is 11.8. The van der Waals surface area contributed by atoms with Gasteiger partial charge in [0.15, 0.2) is 11.5 Å².